The Morgan fingerprint density at radius 2 is 1.94 bits per heavy atom. The van der Waals surface area contributed by atoms with Crippen LogP contribution in [0.1, 0.15) is 30.9 Å². The molecular formula is C14H23NO2S. The van der Waals surface area contributed by atoms with Crippen molar-refractivity contribution in [2.45, 2.75) is 44.6 Å². The van der Waals surface area contributed by atoms with Crippen LogP contribution in [-0.2, 0) is 9.84 Å². The molecular weight excluding hydrogens is 246 g/mol. The largest absolute Gasteiger partial charge is 0.317 e. The Morgan fingerprint density at radius 3 is 2.56 bits per heavy atom. The lowest BCUT2D eigenvalue weighted by molar-refractivity contribution is 0.548. The smallest absolute Gasteiger partial charge is 0.178 e. The molecule has 0 fully saturated rings. The van der Waals surface area contributed by atoms with Gasteiger partial charge in [0, 0.05) is 6.04 Å². The molecule has 0 bridgehead atoms. The second-order valence-electron chi connectivity index (χ2n) is 4.92. The van der Waals surface area contributed by atoms with Crippen LogP contribution < -0.4 is 5.32 Å². The first-order valence-electron chi connectivity index (χ1n) is 6.34. The second-order valence-corrected chi connectivity index (χ2v) is 7.00. The SMILES string of the molecule is CNC(C)CCCS(=O)(=O)c1cc(C)ccc1C. The molecule has 1 atom stereocenters. The van der Waals surface area contributed by atoms with E-state index in [4.69, 9.17) is 0 Å². The fourth-order valence-electron chi connectivity index (χ4n) is 1.88. The third kappa shape index (κ3) is 4.10. The van der Waals surface area contributed by atoms with Crippen LogP contribution in [-0.4, -0.2) is 27.3 Å². The zero-order valence-electron chi connectivity index (χ0n) is 11.7. The van der Waals surface area contributed by atoms with Gasteiger partial charge in [-0.3, -0.25) is 0 Å². The molecule has 1 N–H and O–H groups in total. The Balaban J connectivity index is 2.77. The van der Waals surface area contributed by atoms with Gasteiger partial charge in [-0.1, -0.05) is 12.1 Å². The van der Waals surface area contributed by atoms with Crippen LogP contribution in [0.5, 0.6) is 0 Å². The number of nitrogens with one attached hydrogen (secondary N) is 1. The van der Waals surface area contributed by atoms with Gasteiger partial charge in [0.15, 0.2) is 9.84 Å². The third-order valence-electron chi connectivity index (χ3n) is 3.22. The summed E-state index contributed by atoms with van der Waals surface area (Å²) in [6.07, 6.45) is 1.57. The summed E-state index contributed by atoms with van der Waals surface area (Å²) in [6, 6.07) is 5.95. The first-order chi connectivity index (χ1) is 8.36. The van der Waals surface area contributed by atoms with E-state index < -0.39 is 9.84 Å². The van der Waals surface area contributed by atoms with Crippen LogP contribution in [0.25, 0.3) is 0 Å². The predicted octanol–water partition coefficient (Wildman–Crippen LogP) is 2.47. The topological polar surface area (TPSA) is 46.2 Å². The molecule has 0 aromatic heterocycles. The third-order valence-corrected chi connectivity index (χ3v) is 5.16. The normalized spacial score (nSPS) is 13.6. The molecule has 0 heterocycles. The Morgan fingerprint density at radius 1 is 1.28 bits per heavy atom. The fourth-order valence-corrected chi connectivity index (χ4v) is 3.57. The van der Waals surface area contributed by atoms with Gasteiger partial charge in [-0.15, -0.1) is 0 Å². The lowest BCUT2D eigenvalue weighted by Crippen LogP contribution is -2.22. The standard InChI is InChI=1S/C14H23NO2S/c1-11-7-8-12(2)14(10-11)18(16,17)9-5-6-13(3)15-4/h7-8,10,13,15H,5-6,9H2,1-4H3. The van der Waals surface area contributed by atoms with Crippen molar-refractivity contribution in [2.75, 3.05) is 12.8 Å². The molecule has 0 aliphatic heterocycles. The van der Waals surface area contributed by atoms with Crippen LogP contribution in [0, 0.1) is 13.8 Å². The summed E-state index contributed by atoms with van der Waals surface area (Å²) >= 11 is 0. The molecule has 0 radical (unpaired) electrons. The van der Waals surface area contributed by atoms with Crippen molar-refractivity contribution in [2.24, 2.45) is 0 Å². The van der Waals surface area contributed by atoms with Gasteiger partial charge in [0.1, 0.15) is 0 Å². The van der Waals surface area contributed by atoms with Crippen molar-refractivity contribution < 1.29 is 8.42 Å². The lowest BCUT2D eigenvalue weighted by Gasteiger charge is -2.11. The maximum absolute atomic E-state index is 12.3. The van der Waals surface area contributed by atoms with E-state index in [1.807, 2.05) is 33.0 Å². The van der Waals surface area contributed by atoms with Gasteiger partial charge in [0.25, 0.3) is 0 Å². The minimum Gasteiger partial charge on any atom is -0.317 e. The van der Waals surface area contributed by atoms with Crippen molar-refractivity contribution >= 4 is 9.84 Å². The van der Waals surface area contributed by atoms with Crippen molar-refractivity contribution in [3.63, 3.8) is 0 Å². The summed E-state index contributed by atoms with van der Waals surface area (Å²) in [5.41, 5.74) is 1.82. The van der Waals surface area contributed by atoms with E-state index >= 15 is 0 Å². The van der Waals surface area contributed by atoms with Crippen molar-refractivity contribution in [1.29, 1.82) is 0 Å². The van der Waals surface area contributed by atoms with Gasteiger partial charge in [0.05, 0.1) is 10.6 Å². The zero-order chi connectivity index (χ0) is 13.8. The molecule has 1 unspecified atom stereocenters. The highest BCUT2D eigenvalue weighted by atomic mass is 32.2. The van der Waals surface area contributed by atoms with Crippen molar-refractivity contribution in [3.8, 4) is 0 Å². The van der Waals surface area contributed by atoms with Crippen molar-refractivity contribution in [3.05, 3.63) is 29.3 Å². The van der Waals surface area contributed by atoms with Gasteiger partial charge in [-0.2, -0.15) is 0 Å². The average Bonchev–Trinajstić information content (AvgIpc) is 2.31. The number of rotatable bonds is 6. The minimum absolute atomic E-state index is 0.226. The molecule has 0 aliphatic carbocycles. The molecule has 0 aliphatic rings. The first-order valence-corrected chi connectivity index (χ1v) is 7.99. The van der Waals surface area contributed by atoms with E-state index in [0.29, 0.717) is 17.4 Å². The highest BCUT2D eigenvalue weighted by Gasteiger charge is 2.17. The average molecular weight is 269 g/mol. The molecule has 1 rings (SSSR count). The highest BCUT2D eigenvalue weighted by Crippen LogP contribution is 2.19. The molecule has 0 saturated carbocycles. The molecule has 3 nitrogen and oxygen atoms in total. The Kier molecular flexibility index (Phi) is 5.35. The quantitative estimate of drug-likeness (QED) is 0.863. The summed E-state index contributed by atoms with van der Waals surface area (Å²) in [5.74, 6) is 0.226. The van der Waals surface area contributed by atoms with Gasteiger partial charge >= 0.3 is 0 Å². The first kappa shape index (κ1) is 15.2. The van der Waals surface area contributed by atoms with Crippen LogP contribution in [0.3, 0.4) is 0 Å². The zero-order valence-corrected chi connectivity index (χ0v) is 12.5. The predicted molar refractivity (Wildman–Crippen MR) is 75.7 cm³/mol. The van der Waals surface area contributed by atoms with Gasteiger partial charge in [-0.05, 0) is 57.9 Å². The molecule has 0 spiro atoms. The van der Waals surface area contributed by atoms with Crippen molar-refractivity contribution in [1.82, 2.24) is 5.32 Å². The molecule has 18 heavy (non-hydrogen) atoms. The van der Waals surface area contributed by atoms with E-state index in [-0.39, 0.29) is 5.75 Å². The maximum atomic E-state index is 12.3. The Hall–Kier alpha value is -0.870. The molecule has 0 amide bonds. The number of benzene rings is 1. The number of hydrogen-bond donors (Lipinski definition) is 1. The summed E-state index contributed by atoms with van der Waals surface area (Å²) in [6.45, 7) is 5.83. The summed E-state index contributed by atoms with van der Waals surface area (Å²) in [5, 5.41) is 3.12. The number of aryl methyl sites for hydroxylation is 2. The van der Waals surface area contributed by atoms with E-state index in [1.165, 1.54) is 0 Å². The Bertz CT molecular complexity index is 495. The Labute approximate surface area is 111 Å². The molecule has 1 aromatic rings. The van der Waals surface area contributed by atoms with Crippen LogP contribution >= 0.6 is 0 Å². The molecule has 0 saturated heterocycles. The lowest BCUT2D eigenvalue weighted by atomic mass is 10.2. The molecule has 102 valence electrons. The summed E-state index contributed by atoms with van der Waals surface area (Å²) < 4.78 is 24.5. The fraction of sp³-hybridized carbons (Fsp3) is 0.571. The van der Waals surface area contributed by atoms with Crippen LogP contribution in [0.2, 0.25) is 0 Å². The maximum Gasteiger partial charge on any atom is 0.178 e. The highest BCUT2D eigenvalue weighted by molar-refractivity contribution is 7.91. The van der Waals surface area contributed by atoms with Crippen LogP contribution in [0.15, 0.2) is 23.1 Å². The summed E-state index contributed by atoms with van der Waals surface area (Å²) in [7, 11) is -1.25. The number of sulfone groups is 1. The minimum atomic E-state index is -3.15. The van der Waals surface area contributed by atoms with Gasteiger partial charge in [-0.25, -0.2) is 8.42 Å². The van der Waals surface area contributed by atoms with Crippen LogP contribution in [0.4, 0.5) is 0 Å². The van der Waals surface area contributed by atoms with E-state index in [0.717, 1.165) is 17.5 Å². The van der Waals surface area contributed by atoms with E-state index in [2.05, 4.69) is 12.2 Å². The molecule has 4 heteroatoms. The van der Waals surface area contributed by atoms with Gasteiger partial charge in [0.2, 0.25) is 0 Å². The van der Waals surface area contributed by atoms with E-state index in [9.17, 15) is 8.42 Å². The van der Waals surface area contributed by atoms with Gasteiger partial charge < -0.3 is 5.32 Å². The second kappa shape index (κ2) is 6.34. The monoisotopic (exact) mass is 269 g/mol. The molecule has 1 aromatic carbocycles. The summed E-state index contributed by atoms with van der Waals surface area (Å²) in [4.78, 5) is 0.486. The number of hydrogen-bond acceptors (Lipinski definition) is 3. The van der Waals surface area contributed by atoms with E-state index in [1.54, 1.807) is 6.07 Å².